The van der Waals surface area contributed by atoms with Crippen LogP contribution in [0.25, 0.3) is 0 Å². The van der Waals surface area contributed by atoms with Gasteiger partial charge in [-0.1, -0.05) is 18.6 Å². The van der Waals surface area contributed by atoms with Crippen LogP contribution in [0.5, 0.6) is 17.2 Å². The van der Waals surface area contributed by atoms with Crippen LogP contribution in [0.1, 0.15) is 30.9 Å². The number of hydrogen-bond donors (Lipinski definition) is 1. The van der Waals surface area contributed by atoms with Crippen molar-refractivity contribution < 1.29 is 14.6 Å². The molecule has 0 radical (unpaired) electrons. The van der Waals surface area contributed by atoms with Gasteiger partial charge in [-0.05, 0) is 55.8 Å². The molecule has 1 atom stereocenters. The quantitative estimate of drug-likeness (QED) is 0.839. The number of ether oxygens (including phenoxy) is 2. The second-order valence-electron chi connectivity index (χ2n) is 6.87. The van der Waals surface area contributed by atoms with E-state index in [-0.39, 0.29) is 11.9 Å². The Morgan fingerprint density at radius 2 is 1.88 bits per heavy atom. The second kappa shape index (κ2) is 8.23. The molecule has 2 aliphatic rings. The van der Waals surface area contributed by atoms with E-state index in [1.54, 1.807) is 23.9 Å². The summed E-state index contributed by atoms with van der Waals surface area (Å²) in [5, 5.41) is 9.65. The summed E-state index contributed by atoms with van der Waals surface area (Å²) in [6, 6.07) is 13.5. The van der Waals surface area contributed by atoms with Crippen molar-refractivity contribution in [1.29, 1.82) is 0 Å². The van der Waals surface area contributed by atoms with Crippen LogP contribution >= 0.6 is 11.8 Å². The number of phenolic OH excluding ortho intramolecular Hbond substituents is 1. The Morgan fingerprint density at radius 1 is 1.08 bits per heavy atom. The topological polar surface area (TPSA) is 41.9 Å². The average molecular weight is 372 g/mol. The number of hydrogen-bond acceptors (Lipinski definition) is 5. The lowest BCUT2D eigenvalue weighted by Gasteiger charge is -2.26. The van der Waals surface area contributed by atoms with Crippen molar-refractivity contribution in [2.45, 2.75) is 30.3 Å². The summed E-state index contributed by atoms with van der Waals surface area (Å²) in [6.45, 7) is 4.15. The Labute approximate surface area is 159 Å². The van der Waals surface area contributed by atoms with Gasteiger partial charge in [-0.15, -0.1) is 11.8 Å². The lowest BCUT2D eigenvalue weighted by atomic mass is 10.1. The zero-order chi connectivity index (χ0) is 17.8. The molecule has 1 fully saturated rings. The van der Waals surface area contributed by atoms with E-state index in [0.717, 1.165) is 40.9 Å². The third-order valence-electron chi connectivity index (χ3n) is 4.96. The first-order valence-corrected chi connectivity index (χ1v) is 10.3. The van der Waals surface area contributed by atoms with Crippen molar-refractivity contribution in [2.75, 3.05) is 32.0 Å². The highest BCUT2D eigenvalue weighted by molar-refractivity contribution is 7.99. The molecule has 0 amide bonds. The predicted octanol–water partition coefficient (Wildman–Crippen LogP) is 4.48. The summed E-state index contributed by atoms with van der Waals surface area (Å²) in [5.41, 5.74) is 1.13. The van der Waals surface area contributed by atoms with Crippen LogP contribution in [0.3, 0.4) is 0 Å². The van der Waals surface area contributed by atoms with Crippen LogP contribution in [0.15, 0.2) is 47.4 Å². The van der Waals surface area contributed by atoms with Gasteiger partial charge in [0.25, 0.3) is 0 Å². The number of aromatic hydroxyl groups is 1. The fourth-order valence-electron chi connectivity index (χ4n) is 3.48. The standard InChI is InChI=1S/C21H25NO3S/c23-17-6-9-21-19(14-17)25-20(15-26-21)16-4-7-18(8-5-16)24-13-12-22-10-2-1-3-11-22/h4-9,14,20,23H,1-3,10-13,15H2/t20-/m1/s1. The molecule has 4 nitrogen and oxygen atoms in total. The SMILES string of the molecule is Oc1ccc2c(c1)O[C@@H](c1ccc(OCCN3CCCCC3)cc1)CS2. The van der Waals surface area contributed by atoms with Crippen LogP contribution in [0, 0.1) is 0 Å². The van der Waals surface area contributed by atoms with Gasteiger partial charge in [0.15, 0.2) is 0 Å². The minimum Gasteiger partial charge on any atom is -0.508 e. The van der Waals surface area contributed by atoms with Crippen molar-refractivity contribution in [2.24, 2.45) is 0 Å². The van der Waals surface area contributed by atoms with E-state index < -0.39 is 0 Å². The average Bonchev–Trinajstić information content (AvgIpc) is 2.69. The van der Waals surface area contributed by atoms with E-state index in [1.165, 1.54) is 32.4 Å². The van der Waals surface area contributed by atoms with E-state index in [0.29, 0.717) is 0 Å². The van der Waals surface area contributed by atoms with Gasteiger partial charge < -0.3 is 14.6 Å². The molecule has 138 valence electrons. The largest absolute Gasteiger partial charge is 0.508 e. The van der Waals surface area contributed by atoms with Crippen LogP contribution in [0.4, 0.5) is 0 Å². The van der Waals surface area contributed by atoms with Crippen molar-refractivity contribution in [3.8, 4) is 17.2 Å². The Kier molecular flexibility index (Phi) is 5.56. The molecule has 4 rings (SSSR count). The monoisotopic (exact) mass is 371 g/mol. The van der Waals surface area contributed by atoms with Crippen molar-refractivity contribution in [1.82, 2.24) is 4.90 Å². The highest BCUT2D eigenvalue weighted by atomic mass is 32.2. The molecule has 2 aromatic carbocycles. The molecular weight excluding hydrogens is 346 g/mol. The molecule has 0 aliphatic carbocycles. The highest BCUT2D eigenvalue weighted by Crippen LogP contribution is 2.42. The smallest absolute Gasteiger partial charge is 0.137 e. The first-order valence-electron chi connectivity index (χ1n) is 9.35. The molecule has 26 heavy (non-hydrogen) atoms. The van der Waals surface area contributed by atoms with Gasteiger partial charge in [0.05, 0.1) is 0 Å². The predicted molar refractivity (Wildman–Crippen MR) is 104 cm³/mol. The highest BCUT2D eigenvalue weighted by Gasteiger charge is 2.22. The maximum Gasteiger partial charge on any atom is 0.137 e. The lowest BCUT2D eigenvalue weighted by Crippen LogP contribution is -2.33. The minimum absolute atomic E-state index is 0.00306. The summed E-state index contributed by atoms with van der Waals surface area (Å²) in [6.07, 6.45) is 3.99. The molecule has 2 aliphatic heterocycles. The molecular formula is C21H25NO3S. The number of rotatable bonds is 5. The molecule has 0 spiro atoms. The summed E-state index contributed by atoms with van der Waals surface area (Å²) < 4.78 is 12.0. The molecule has 0 saturated carbocycles. The normalized spacial score (nSPS) is 20.2. The number of phenols is 1. The molecule has 1 saturated heterocycles. The Bertz CT molecular complexity index is 729. The number of benzene rings is 2. The first-order chi connectivity index (χ1) is 12.8. The van der Waals surface area contributed by atoms with E-state index in [1.807, 2.05) is 18.2 Å². The third-order valence-corrected chi connectivity index (χ3v) is 6.08. The number of likely N-dealkylation sites (tertiary alicyclic amines) is 1. The van der Waals surface area contributed by atoms with E-state index in [2.05, 4.69) is 17.0 Å². The molecule has 0 unspecified atom stereocenters. The number of thioether (sulfide) groups is 1. The fraction of sp³-hybridized carbons (Fsp3) is 0.429. The summed E-state index contributed by atoms with van der Waals surface area (Å²) >= 11 is 1.76. The van der Waals surface area contributed by atoms with Gasteiger partial charge in [-0.2, -0.15) is 0 Å². The van der Waals surface area contributed by atoms with E-state index >= 15 is 0 Å². The fourth-order valence-corrected chi connectivity index (χ4v) is 4.48. The molecule has 2 heterocycles. The van der Waals surface area contributed by atoms with Gasteiger partial charge in [0, 0.05) is 23.3 Å². The summed E-state index contributed by atoms with van der Waals surface area (Å²) in [7, 11) is 0. The first kappa shape index (κ1) is 17.6. The molecule has 0 aromatic heterocycles. The summed E-state index contributed by atoms with van der Waals surface area (Å²) in [4.78, 5) is 3.56. The van der Waals surface area contributed by atoms with Crippen LogP contribution in [-0.2, 0) is 0 Å². The number of fused-ring (bicyclic) bond motifs is 1. The lowest BCUT2D eigenvalue weighted by molar-refractivity contribution is 0.183. The van der Waals surface area contributed by atoms with Gasteiger partial charge in [0.1, 0.15) is 30.0 Å². The number of piperidine rings is 1. The van der Waals surface area contributed by atoms with Gasteiger partial charge in [-0.3, -0.25) is 4.90 Å². The molecule has 1 N–H and O–H groups in total. The summed E-state index contributed by atoms with van der Waals surface area (Å²) in [5.74, 6) is 2.77. The zero-order valence-electron chi connectivity index (χ0n) is 14.9. The zero-order valence-corrected chi connectivity index (χ0v) is 15.7. The third kappa shape index (κ3) is 4.27. The molecule has 2 aromatic rings. The Hall–Kier alpha value is -1.85. The maximum atomic E-state index is 9.65. The van der Waals surface area contributed by atoms with Crippen LogP contribution < -0.4 is 9.47 Å². The molecule has 0 bridgehead atoms. The van der Waals surface area contributed by atoms with Crippen LogP contribution in [-0.4, -0.2) is 42.0 Å². The van der Waals surface area contributed by atoms with Crippen molar-refractivity contribution in [3.63, 3.8) is 0 Å². The number of nitrogens with zero attached hydrogens (tertiary/aromatic N) is 1. The van der Waals surface area contributed by atoms with E-state index in [4.69, 9.17) is 9.47 Å². The van der Waals surface area contributed by atoms with E-state index in [9.17, 15) is 5.11 Å². The van der Waals surface area contributed by atoms with Gasteiger partial charge >= 0.3 is 0 Å². The Balaban J connectivity index is 1.31. The minimum atomic E-state index is -0.00306. The van der Waals surface area contributed by atoms with Crippen LogP contribution in [0.2, 0.25) is 0 Å². The van der Waals surface area contributed by atoms with Gasteiger partial charge in [-0.25, -0.2) is 0 Å². The van der Waals surface area contributed by atoms with Crippen molar-refractivity contribution in [3.05, 3.63) is 48.0 Å². The maximum absolute atomic E-state index is 9.65. The Morgan fingerprint density at radius 3 is 2.69 bits per heavy atom. The second-order valence-corrected chi connectivity index (χ2v) is 7.93. The molecule has 5 heteroatoms. The van der Waals surface area contributed by atoms with Gasteiger partial charge in [0.2, 0.25) is 0 Å². The van der Waals surface area contributed by atoms with Crippen molar-refractivity contribution >= 4 is 11.8 Å².